The van der Waals surface area contributed by atoms with Crippen LogP contribution in [-0.2, 0) is 0 Å². The Bertz CT molecular complexity index is 962. The summed E-state index contributed by atoms with van der Waals surface area (Å²) in [5.41, 5.74) is 2.76. The molecule has 1 aliphatic rings. The average Bonchev–Trinajstić information content (AvgIpc) is 2.78. The van der Waals surface area contributed by atoms with Gasteiger partial charge in [-0.05, 0) is 29.3 Å². The molecule has 0 spiro atoms. The van der Waals surface area contributed by atoms with E-state index in [1.807, 2.05) is 30.3 Å². The maximum atomic E-state index is 14.6. The lowest BCUT2D eigenvalue weighted by Crippen LogP contribution is -2.47. The van der Waals surface area contributed by atoms with Crippen LogP contribution in [0.4, 0.5) is 8.78 Å². The van der Waals surface area contributed by atoms with Gasteiger partial charge in [-0.25, -0.2) is 8.78 Å². The second kappa shape index (κ2) is 9.79. The van der Waals surface area contributed by atoms with Gasteiger partial charge in [-0.15, -0.1) is 0 Å². The van der Waals surface area contributed by atoms with Crippen LogP contribution in [0, 0.1) is 11.6 Å². The Balaban J connectivity index is 1.45. The summed E-state index contributed by atoms with van der Waals surface area (Å²) in [5.74, 6) is -0.499. The molecule has 1 atom stereocenters. The Morgan fingerprint density at radius 3 is 2.13 bits per heavy atom. The van der Waals surface area contributed by atoms with Gasteiger partial charge in [0, 0.05) is 38.3 Å². The van der Waals surface area contributed by atoms with Crippen molar-refractivity contribution in [3.05, 3.63) is 113 Å². The summed E-state index contributed by atoms with van der Waals surface area (Å²) in [6, 6.07) is 23.4. The number of piperazine rings is 1. The number of halogens is 2. The molecule has 30 heavy (non-hydrogen) atoms. The standard InChI is InChI=1S/C26H26F2N2/c27-23-14-12-22(13-15-23)26(24-10-4-5-11-25(24)28)30-19-17-29(18-20-30)16-6-9-21-7-2-1-3-8-21/h1-15,26H,16-20H2/b9-6+/t26-/m1/s1. The minimum atomic E-state index is -0.277. The van der Waals surface area contributed by atoms with Crippen molar-refractivity contribution in [3.63, 3.8) is 0 Å². The van der Waals surface area contributed by atoms with Crippen molar-refractivity contribution in [2.75, 3.05) is 32.7 Å². The van der Waals surface area contributed by atoms with Crippen molar-refractivity contribution in [1.82, 2.24) is 9.80 Å². The van der Waals surface area contributed by atoms with Crippen LogP contribution in [0.3, 0.4) is 0 Å². The van der Waals surface area contributed by atoms with Crippen LogP contribution in [0.25, 0.3) is 6.08 Å². The number of benzene rings is 3. The van der Waals surface area contributed by atoms with Gasteiger partial charge in [0.25, 0.3) is 0 Å². The zero-order valence-electron chi connectivity index (χ0n) is 16.9. The Labute approximate surface area is 177 Å². The Morgan fingerprint density at radius 1 is 0.767 bits per heavy atom. The zero-order chi connectivity index (χ0) is 20.8. The van der Waals surface area contributed by atoms with Crippen LogP contribution in [0.1, 0.15) is 22.7 Å². The van der Waals surface area contributed by atoms with E-state index in [4.69, 9.17) is 0 Å². The lowest BCUT2D eigenvalue weighted by molar-refractivity contribution is 0.116. The van der Waals surface area contributed by atoms with E-state index in [0.29, 0.717) is 5.56 Å². The fraction of sp³-hybridized carbons (Fsp3) is 0.231. The first-order valence-corrected chi connectivity index (χ1v) is 10.4. The molecule has 1 heterocycles. The predicted molar refractivity (Wildman–Crippen MR) is 118 cm³/mol. The normalized spacial score (nSPS) is 16.7. The smallest absolute Gasteiger partial charge is 0.128 e. The van der Waals surface area contributed by atoms with Crippen LogP contribution in [0.15, 0.2) is 84.9 Å². The summed E-state index contributed by atoms with van der Waals surface area (Å²) < 4.78 is 28.1. The van der Waals surface area contributed by atoms with Gasteiger partial charge in [0.15, 0.2) is 0 Å². The van der Waals surface area contributed by atoms with Crippen LogP contribution in [-0.4, -0.2) is 42.5 Å². The van der Waals surface area contributed by atoms with E-state index in [-0.39, 0.29) is 17.7 Å². The van der Waals surface area contributed by atoms with Crippen LogP contribution in [0.5, 0.6) is 0 Å². The molecule has 3 aromatic rings. The minimum absolute atomic E-state index is 0.214. The highest BCUT2D eigenvalue weighted by molar-refractivity contribution is 5.48. The third kappa shape index (κ3) is 5.02. The molecule has 1 saturated heterocycles. The number of hydrogen-bond donors (Lipinski definition) is 0. The molecule has 4 heteroatoms. The number of hydrogen-bond acceptors (Lipinski definition) is 2. The minimum Gasteiger partial charge on any atom is -0.297 e. The number of nitrogens with zero attached hydrogens (tertiary/aromatic N) is 2. The van der Waals surface area contributed by atoms with Gasteiger partial charge in [-0.3, -0.25) is 9.80 Å². The van der Waals surface area contributed by atoms with Crippen molar-refractivity contribution >= 4 is 6.08 Å². The van der Waals surface area contributed by atoms with Gasteiger partial charge in [-0.2, -0.15) is 0 Å². The summed E-state index contributed by atoms with van der Waals surface area (Å²) in [6.07, 6.45) is 4.34. The molecule has 3 aromatic carbocycles. The molecule has 0 unspecified atom stereocenters. The quantitative estimate of drug-likeness (QED) is 0.544. The third-order valence-corrected chi connectivity index (χ3v) is 5.63. The second-order valence-corrected chi connectivity index (χ2v) is 7.63. The van der Waals surface area contributed by atoms with E-state index in [1.165, 1.54) is 23.8 Å². The monoisotopic (exact) mass is 404 g/mol. The summed E-state index contributed by atoms with van der Waals surface area (Å²) in [6.45, 7) is 4.37. The first-order chi connectivity index (χ1) is 14.7. The topological polar surface area (TPSA) is 6.48 Å². The highest BCUT2D eigenvalue weighted by atomic mass is 19.1. The van der Waals surface area contributed by atoms with Gasteiger partial charge < -0.3 is 0 Å². The molecule has 0 aliphatic carbocycles. The van der Waals surface area contributed by atoms with Crippen LogP contribution < -0.4 is 0 Å². The van der Waals surface area contributed by atoms with Crippen molar-refractivity contribution in [1.29, 1.82) is 0 Å². The summed E-state index contributed by atoms with van der Waals surface area (Å²) in [5, 5.41) is 0. The molecule has 0 radical (unpaired) electrons. The van der Waals surface area contributed by atoms with Crippen LogP contribution >= 0.6 is 0 Å². The van der Waals surface area contributed by atoms with E-state index < -0.39 is 0 Å². The SMILES string of the molecule is Fc1ccc([C@H](c2ccccc2F)N2CCN(C/C=C/c3ccccc3)CC2)cc1. The first kappa shape index (κ1) is 20.5. The van der Waals surface area contributed by atoms with E-state index in [1.54, 1.807) is 18.2 Å². The van der Waals surface area contributed by atoms with Crippen molar-refractivity contribution in [3.8, 4) is 0 Å². The fourth-order valence-corrected chi connectivity index (χ4v) is 4.04. The molecule has 1 aliphatic heterocycles. The molecule has 0 amide bonds. The molecule has 0 aromatic heterocycles. The molecule has 1 fully saturated rings. The van der Waals surface area contributed by atoms with Gasteiger partial charge >= 0.3 is 0 Å². The summed E-state index contributed by atoms with van der Waals surface area (Å²) in [7, 11) is 0. The van der Waals surface area contributed by atoms with Crippen molar-refractivity contribution in [2.24, 2.45) is 0 Å². The highest BCUT2D eigenvalue weighted by Crippen LogP contribution is 2.31. The first-order valence-electron chi connectivity index (χ1n) is 10.4. The molecular formula is C26H26F2N2. The van der Waals surface area contributed by atoms with Crippen molar-refractivity contribution in [2.45, 2.75) is 6.04 Å². The van der Waals surface area contributed by atoms with E-state index in [2.05, 4.69) is 34.1 Å². The van der Waals surface area contributed by atoms with E-state index >= 15 is 0 Å². The summed E-state index contributed by atoms with van der Waals surface area (Å²) in [4.78, 5) is 4.70. The zero-order valence-corrected chi connectivity index (χ0v) is 16.9. The summed E-state index contributed by atoms with van der Waals surface area (Å²) >= 11 is 0. The molecule has 2 nitrogen and oxygen atoms in total. The molecular weight excluding hydrogens is 378 g/mol. The largest absolute Gasteiger partial charge is 0.297 e. The fourth-order valence-electron chi connectivity index (χ4n) is 4.04. The molecule has 154 valence electrons. The molecule has 0 bridgehead atoms. The van der Waals surface area contributed by atoms with Gasteiger partial charge in [-0.1, -0.05) is 72.8 Å². The maximum Gasteiger partial charge on any atom is 0.128 e. The molecule has 0 N–H and O–H groups in total. The predicted octanol–water partition coefficient (Wildman–Crippen LogP) is 5.39. The number of rotatable bonds is 6. The van der Waals surface area contributed by atoms with Crippen molar-refractivity contribution < 1.29 is 8.78 Å². The molecule has 4 rings (SSSR count). The molecule has 0 saturated carbocycles. The van der Waals surface area contributed by atoms with E-state index in [9.17, 15) is 8.78 Å². The third-order valence-electron chi connectivity index (χ3n) is 5.63. The average molecular weight is 405 g/mol. The van der Waals surface area contributed by atoms with Gasteiger partial charge in [0.2, 0.25) is 0 Å². The second-order valence-electron chi connectivity index (χ2n) is 7.63. The van der Waals surface area contributed by atoms with Gasteiger partial charge in [0.1, 0.15) is 11.6 Å². The maximum absolute atomic E-state index is 14.6. The Morgan fingerprint density at radius 2 is 1.43 bits per heavy atom. The van der Waals surface area contributed by atoms with Crippen LogP contribution in [0.2, 0.25) is 0 Å². The highest BCUT2D eigenvalue weighted by Gasteiger charge is 2.27. The Hall–Kier alpha value is -2.82. The van der Waals surface area contributed by atoms with Gasteiger partial charge in [0.05, 0.1) is 6.04 Å². The lowest BCUT2D eigenvalue weighted by Gasteiger charge is -2.39. The van der Waals surface area contributed by atoms with E-state index in [0.717, 1.165) is 38.3 Å². The lowest BCUT2D eigenvalue weighted by atomic mass is 9.96. The Kier molecular flexibility index (Phi) is 6.67.